The molecule has 100 valence electrons. The van der Waals surface area contributed by atoms with Gasteiger partial charge in [0.05, 0.1) is 4.90 Å². The molecule has 0 atom stereocenters. The minimum atomic E-state index is -3.39. The topological polar surface area (TPSA) is 57.6 Å². The van der Waals surface area contributed by atoms with E-state index in [1.807, 2.05) is 0 Å². The van der Waals surface area contributed by atoms with Gasteiger partial charge in [-0.2, -0.15) is 4.31 Å². The fourth-order valence-electron chi connectivity index (χ4n) is 1.92. The zero-order valence-corrected chi connectivity index (χ0v) is 11.5. The lowest BCUT2D eigenvalue weighted by molar-refractivity contribution is 0.117. The highest BCUT2D eigenvalue weighted by Crippen LogP contribution is 2.24. The molecule has 0 bridgehead atoms. The molecule has 0 aromatic heterocycles. The Morgan fingerprint density at radius 1 is 1.28 bits per heavy atom. The summed E-state index contributed by atoms with van der Waals surface area (Å²) in [6.07, 6.45) is 0.734. The summed E-state index contributed by atoms with van der Waals surface area (Å²) in [5, 5.41) is 8.90. The van der Waals surface area contributed by atoms with Gasteiger partial charge in [0.1, 0.15) is 0 Å². The van der Waals surface area contributed by atoms with E-state index < -0.39 is 10.0 Å². The number of nitrogens with zero attached hydrogens (tertiary/aromatic N) is 1. The molecule has 18 heavy (non-hydrogen) atoms. The lowest BCUT2D eigenvalue weighted by Crippen LogP contribution is -2.51. The number of aliphatic hydroxyl groups is 1. The van der Waals surface area contributed by atoms with Crippen LogP contribution in [0.4, 0.5) is 0 Å². The van der Waals surface area contributed by atoms with E-state index in [2.05, 4.69) is 0 Å². The van der Waals surface area contributed by atoms with E-state index in [4.69, 9.17) is 16.7 Å². The van der Waals surface area contributed by atoms with Crippen LogP contribution in [0.25, 0.3) is 0 Å². The first-order valence-corrected chi connectivity index (χ1v) is 7.81. The van der Waals surface area contributed by atoms with Crippen molar-refractivity contribution in [1.82, 2.24) is 4.31 Å². The number of rotatable bonds is 5. The molecule has 1 fully saturated rings. The molecule has 1 aliphatic heterocycles. The lowest BCUT2D eigenvalue weighted by Gasteiger charge is -2.36. The van der Waals surface area contributed by atoms with Crippen molar-refractivity contribution in [1.29, 1.82) is 0 Å². The number of halogens is 1. The number of aliphatic hydroxyl groups excluding tert-OH is 1. The van der Waals surface area contributed by atoms with Gasteiger partial charge in [0.25, 0.3) is 0 Å². The van der Waals surface area contributed by atoms with E-state index in [-0.39, 0.29) is 12.5 Å². The predicted molar refractivity (Wildman–Crippen MR) is 70.2 cm³/mol. The van der Waals surface area contributed by atoms with Crippen molar-refractivity contribution in [2.45, 2.75) is 11.3 Å². The normalized spacial score (nSPS) is 17.7. The molecular weight excluding hydrogens is 274 g/mol. The van der Waals surface area contributed by atoms with E-state index in [0.717, 1.165) is 12.0 Å². The third-order valence-corrected chi connectivity index (χ3v) is 5.16. The van der Waals surface area contributed by atoms with Crippen LogP contribution in [0.3, 0.4) is 0 Å². The summed E-state index contributed by atoms with van der Waals surface area (Å²) in [6.45, 7) is 0.852. The van der Waals surface area contributed by atoms with Crippen molar-refractivity contribution in [3.05, 3.63) is 29.8 Å². The van der Waals surface area contributed by atoms with E-state index in [0.29, 0.717) is 23.9 Å². The number of hydrogen-bond acceptors (Lipinski definition) is 3. The average molecular weight is 290 g/mol. The summed E-state index contributed by atoms with van der Waals surface area (Å²) in [5.41, 5.74) is 1.03. The Kier molecular flexibility index (Phi) is 4.27. The first-order chi connectivity index (χ1) is 8.57. The summed E-state index contributed by atoms with van der Waals surface area (Å²) in [4.78, 5) is 0.303. The summed E-state index contributed by atoms with van der Waals surface area (Å²) in [5.74, 6) is 0.603. The van der Waals surface area contributed by atoms with Gasteiger partial charge in [0.2, 0.25) is 10.0 Å². The molecule has 0 aliphatic carbocycles. The Morgan fingerprint density at radius 3 is 2.39 bits per heavy atom. The summed E-state index contributed by atoms with van der Waals surface area (Å²) in [7, 11) is -3.39. The van der Waals surface area contributed by atoms with Crippen LogP contribution in [0.2, 0.25) is 0 Å². The smallest absolute Gasteiger partial charge is 0.243 e. The summed E-state index contributed by atoms with van der Waals surface area (Å²) >= 11 is 5.63. The molecule has 0 saturated carbocycles. The molecule has 0 amide bonds. The third kappa shape index (κ3) is 2.69. The SMILES string of the molecule is O=S(=O)(c1ccc(CCCl)cc1)N1CC(CO)C1. The number of hydrogen-bond donors (Lipinski definition) is 1. The Hall–Kier alpha value is -0.620. The first-order valence-electron chi connectivity index (χ1n) is 5.84. The Balaban J connectivity index is 2.11. The molecule has 1 heterocycles. The lowest BCUT2D eigenvalue weighted by atomic mass is 10.1. The summed E-state index contributed by atoms with van der Waals surface area (Å²) < 4.78 is 25.7. The fraction of sp³-hybridized carbons (Fsp3) is 0.500. The van der Waals surface area contributed by atoms with Crippen molar-refractivity contribution in [3.8, 4) is 0 Å². The van der Waals surface area contributed by atoms with E-state index >= 15 is 0 Å². The standard InChI is InChI=1S/C12H16ClNO3S/c13-6-5-10-1-3-12(4-2-10)18(16,17)14-7-11(8-14)9-15/h1-4,11,15H,5-9H2. The minimum Gasteiger partial charge on any atom is -0.396 e. The third-order valence-electron chi connectivity index (χ3n) is 3.13. The highest BCUT2D eigenvalue weighted by Gasteiger charge is 2.36. The zero-order chi connectivity index (χ0) is 13.2. The van der Waals surface area contributed by atoms with Gasteiger partial charge in [-0.25, -0.2) is 8.42 Å². The number of aryl methyl sites for hydroxylation is 1. The molecule has 1 aromatic rings. The van der Waals surface area contributed by atoms with Gasteiger partial charge in [-0.1, -0.05) is 12.1 Å². The minimum absolute atomic E-state index is 0.0423. The molecule has 6 heteroatoms. The van der Waals surface area contributed by atoms with Crippen molar-refractivity contribution in [2.75, 3.05) is 25.6 Å². The number of alkyl halides is 1. The maximum absolute atomic E-state index is 12.2. The van der Waals surface area contributed by atoms with Crippen LogP contribution in [0.1, 0.15) is 5.56 Å². The molecule has 4 nitrogen and oxygen atoms in total. The van der Waals surface area contributed by atoms with Crippen molar-refractivity contribution < 1.29 is 13.5 Å². The number of benzene rings is 1. The first kappa shape index (κ1) is 13.8. The van der Waals surface area contributed by atoms with Crippen LogP contribution < -0.4 is 0 Å². The highest BCUT2D eigenvalue weighted by atomic mass is 35.5. The monoisotopic (exact) mass is 289 g/mol. The Labute approximate surface area is 112 Å². The second kappa shape index (κ2) is 5.57. The highest BCUT2D eigenvalue weighted by molar-refractivity contribution is 7.89. The van der Waals surface area contributed by atoms with Crippen molar-refractivity contribution in [3.63, 3.8) is 0 Å². The van der Waals surface area contributed by atoms with Crippen LogP contribution in [-0.2, 0) is 16.4 Å². The molecular formula is C12H16ClNO3S. The molecule has 1 aromatic carbocycles. The second-order valence-corrected chi connectivity index (χ2v) is 6.77. The molecule has 0 unspecified atom stereocenters. The maximum atomic E-state index is 12.2. The van der Waals surface area contributed by atoms with E-state index in [1.54, 1.807) is 24.3 Å². The molecule has 2 rings (SSSR count). The van der Waals surface area contributed by atoms with Gasteiger partial charge in [-0.15, -0.1) is 11.6 Å². The quantitative estimate of drug-likeness (QED) is 0.825. The molecule has 1 N–H and O–H groups in total. The maximum Gasteiger partial charge on any atom is 0.243 e. The molecule has 1 aliphatic rings. The van der Waals surface area contributed by atoms with Crippen LogP contribution in [0, 0.1) is 5.92 Å². The Morgan fingerprint density at radius 2 is 1.89 bits per heavy atom. The van der Waals surface area contributed by atoms with Gasteiger partial charge in [-0.3, -0.25) is 0 Å². The van der Waals surface area contributed by atoms with Crippen LogP contribution in [0.5, 0.6) is 0 Å². The van der Waals surface area contributed by atoms with Crippen molar-refractivity contribution in [2.24, 2.45) is 5.92 Å². The molecule has 0 radical (unpaired) electrons. The van der Waals surface area contributed by atoms with Gasteiger partial charge in [0.15, 0.2) is 0 Å². The zero-order valence-electron chi connectivity index (χ0n) is 9.92. The Bertz CT molecular complexity index is 495. The van der Waals surface area contributed by atoms with Gasteiger partial charge in [0, 0.05) is 31.5 Å². The van der Waals surface area contributed by atoms with E-state index in [1.165, 1.54) is 4.31 Å². The second-order valence-electron chi connectivity index (χ2n) is 4.45. The van der Waals surface area contributed by atoms with Crippen LogP contribution in [0.15, 0.2) is 29.2 Å². The average Bonchev–Trinajstić information content (AvgIpc) is 2.28. The van der Waals surface area contributed by atoms with Crippen molar-refractivity contribution >= 4 is 21.6 Å². The largest absolute Gasteiger partial charge is 0.396 e. The fourth-order valence-corrected chi connectivity index (χ4v) is 3.73. The van der Waals surface area contributed by atoms with E-state index in [9.17, 15) is 8.42 Å². The number of sulfonamides is 1. The van der Waals surface area contributed by atoms with Crippen LogP contribution >= 0.6 is 11.6 Å². The predicted octanol–water partition coefficient (Wildman–Crippen LogP) is 1.08. The molecule has 1 saturated heterocycles. The van der Waals surface area contributed by atoms with Gasteiger partial charge >= 0.3 is 0 Å². The van der Waals surface area contributed by atoms with Gasteiger partial charge in [-0.05, 0) is 24.1 Å². The molecule has 0 spiro atoms. The summed E-state index contributed by atoms with van der Waals surface area (Å²) in [6, 6.07) is 6.81. The van der Waals surface area contributed by atoms with Gasteiger partial charge < -0.3 is 5.11 Å². The van der Waals surface area contributed by atoms with Crippen LogP contribution in [-0.4, -0.2) is 43.4 Å².